The van der Waals surface area contributed by atoms with Gasteiger partial charge in [0.15, 0.2) is 0 Å². The maximum atomic E-state index is 12.5. The van der Waals surface area contributed by atoms with E-state index in [4.69, 9.17) is 4.74 Å². The quantitative estimate of drug-likeness (QED) is 0.891. The molecule has 1 aromatic rings. The predicted octanol–water partition coefficient (Wildman–Crippen LogP) is 2.98. The molecule has 0 aliphatic carbocycles. The van der Waals surface area contributed by atoms with Crippen LogP contribution in [0.15, 0.2) is 30.3 Å². The normalized spacial score (nSPS) is 25.7. The number of hydrogen-bond acceptors (Lipinski definition) is 3. The molecule has 2 heterocycles. The second-order valence-electron chi connectivity index (χ2n) is 7.32. The molecule has 5 heteroatoms. The van der Waals surface area contributed by atoms with Crippen molar-refractivity contribution >= 4 is 11.9 Å². The van der Waals surface area contributed by atoms with Gasteiger partial charge >= 0.3 is 5.97 Å². The summed E-state index contributed by atoms with van der Waals surface area (Å²) >= 11 is 0. The summed E-state index contributed by atoms with van der Waals surface area (Å²) in [6, 6.07) is 9.40. The second kappa shape index (κ2) is 7.56. The lowest BCUT2D eigenvalue weighted by Gasteiger charge is -2.39. The minimum atomic E-state index is -0.873. The zero-order valence-corrected chi connectivity index (χ0v) is 14.8. The number of carboxylic acid groups (broad SMARTS) is 1. The van der Waals surface area contributed by atoms with Crippen molar-refractivity contribution < 1.29 is 19.4 Å². The van der Waals surface area contributed by atoms with Crippen molar-refractivity contribution in [1.82, 2.24) is 4.90 Å². The van der Waals surface area contributed by atoms with Crippen LogP contribution in [0.4, 0.5) is 0 Å². The summed E-state index contributed by atoms with van der Waals surface area (Å²) in [5.41, 5.74) is -0.0369. The maximum absolute atomic E-state index is 12.5. The average Bonchev–Trinajstić information content (AvgIpc) is 3.05. The lowest BCUT2D eigenvalue weighted by Crippen LogP contribution is -2.49. The van der Waals surface area contributed by atoms with Crippen molar-refractivity contribution in [2.24, 2.45) is 0 Å². The second-order valence-corrected chi connectivity index (χ2v) is 7.32. The molecule has 1 amide bonds. The molecular formula is C20H27NO4. The number of nitrogens with zero attached hydrogens (tertiary/aromatic N) is 1. The molecular weight excluding hydrogens is 318 g/mol. The van der Waals surface area contributed by atoms with Crippen LogP contribution in [0.25, 0.3) is 0 Å². The molecule has 2 atom stereocenters. The number of rotatable bonds is 5. The molecule has 1 N–H and O–H groups in total. The Hall–Kier alpha value is -1.88. The zero-order chi connectivity index (χ0) is 17.9. The Morgan fingerprint density at radius 2 is 1.88 bits per heavy atom. The van der Waals surface area contributed by atoms with E-state index in [2.05, 4.69) is 6.92 Å². The SMILES string of the molecule is C[C@H]1CC[C@@H](CCC(=O)N2CCC(C(=O)O)(c3ccccc3)CC2)O1. The van der Waals surface area contributed by atoms with Crippen LogP contribution in [0.2, 0.25) is 0 Å². The molecule has 1 aromatic carbocycles. The molecule has 136 valence electrons. The molecule has 0 unspecified atom stereocenters. The summed E-state index contributed by atoms with van der Waals surface area (Å²) in [4.78, 5) is 26.3. The molecule has 2 saturated heterocycles. The maximum Gasteiger partial charge on any atom is 0.314 e. The molecule has 0 saturated carbocycles. The van der Waals surface area contributed by atoms with E-state index in [1.807, 2.05) is 35.2 Å². The fraction of sp³-hybridized carbons (Fsp3) is 0.600. The largest absolute Gasteiger partial charge is 0.481 e. The van der Waals surface area contributed by atoms with Crippen LogP contribution in [-0.2, 0) is 19.7 Å². The first-order valence-electron chi connectivity index (χ1n) is 9.23. The summed E-state index contributed by atoms with van der Waals surface area (Å²) in [6.45, 7) is 3.07. The number of carboxylic acids is 1. The highest BCUT2D eigenvalue weighted by atomic mass is 16.5. The summed E-state index contributed by atoms with van der Waals surface area (Å²) < 4.78 is 5.77. The lowest BCUT2D eigenvalue weighted by atomic mass is 9.73. The van der Waals surface area contributed by atoms with Crippen LogP contribution >= 0.6 is 0 Å². The molecule has 3 rings (SSSR count). The molecule has 2 aliphatic heterocycles. The fourth-order valence-corrected chi connectivity index (χ4v) is 4.06. The van der Waals surface area contributed by atoms with Gasteiger partial charge in [0, 0.05) is 19.5 Å². The number of likely N-dealkylation sites (tertiary alicyclic amines) is 1. The minimum absolute atomic E-state index is 0.121. The summed E-state index contributed by atoms with van der Waals surface area (Å²) in [6.07, 6.45) is 4.80. The first kappa shape index (κ1) is 17.9. The molecule has 0 bridgehead atoms. The van der Waals surface area contributed by atoms with Crippen LogP contribution in [0.3, 0.4) is 0 Å². The molecule has 2 aliphatic rings. The lowest BCUT2D eigenvalue weighted by molar-refractivity contribution is -0.148. The molecule has 25 heavy (non-hydrogen) atoms. The van der Waals surface area contributed by atoms with E-state index >= 15 is 0 Å². The van der Waals surface area contributed by atoms with Gasteiger partial charge in [-0.25, -0.2) is 0 Å². The van der Waals surface area contributed by atoms with Crippen LogP contribution in [0.1, 0.15) is 51.0 Å². The third-order valence-electron chi connectivity index (χ3n) is 5.71. The van der Waals surface area contributed by atoms with Crippen LogP contribution in [-0.4, -0.2) is 47.2 Å². The average molecular weight is 345 g/mol. The van der Waals surface area contributed by atoms with Gasteiger partial charge in [-0.3, -0.25) is 9.59 Å². The van der Waals surface area contributed by atoms with Gasteiger partial charge in [-0.15, -0.1) is 0 Å². The Balaban J connectivity index is 1.56. The van der Waals surface area contributed by atoms with E-state index in [1.165, 1.54) is 0 Å². The van der Waals surface area contributed by atoms with Gasteiger partial charge < -0.3 is 14.7 Å². The number of piperidine rings is 1. The van der Waals surface area contributed by atoms with Gasteiger partial charge in [0.25, 0.3) is 0 Å². The Morgan fingerprint density at radius 1 is 1.20 bits per heavy atom. The number of ether oxygens (including phenoxy) is 1. The molecule has 5 nitrogen and oxygen atoms in total. The Labute approximate surface area is 149 Å². The highest BCUT2D eigenvalue weighted by Crippen LogP contribution is 2.36. The predicted molar refractivity (Wildman–Crippen MR) is 94.4 cm³/mol. The van der Waals surface area contributed by atoms with Gasteiger partial charge in [-0.1, -0.05) is 30.3 Å². The Kier molecular flexibility index (Phi) is 5.42. The Morgan fingerprint density at radius 3 is 2.44 bits per heavy atom. The van der Waals surface area contributed by atoms with Crippen LogP contribution in [0, 0.1) is 0 Å². The molecule has 0 aromatic heterocycles. The van der Waals surface area contributed by atoms with Crippen molar-refractivity contribution in [3.8, 4) is 0 Å². The van der Waals surface area contributed by atoms with E-state index in [1.54, 1.807) is 0 Å². The zero-order valence-electron chi connectivity index (χ0n) is 14.8. The first-order valence-corrected chi connectivity index (χ1v) is 9.23. The van der Waals surface area contributed by atoms with Gasteiger partial charge in [0.05, 0.1) is 17.6 Å². The minimum Gasteiger partial charge on any atom is -0.481 e. The van der Waals surface area contributed by atoms with E-state index in [0.29, 0.717) is 38.5 Å². The fourth-order valence-electron chi connectivity index (χ4n) is 4.06. The van der Waals surface area contributed by atoms with Crippen molar-refractivity contribution in [2.75, 3.05) is 13.1 Å². The monoisotopic (exact) mass is 345 g/mol. The Bertz CT molecular complexity index is 607. The van der Waals surface area contributed by atoms with Gasteiger partial charge in [0.1, 0.15) is 0 Å². The van der Waals surface area contributed by atoms with E-state index in [9.17, 15) is 14.7 Å². The van der Waals surface area contributed by atoms with Crippen molar-refractivity contribution in [1.29, 1.82) is 0 Å². The standard InChI is InChI=1S/C20H27NO4/c1-15-7-8-17(25-15)9-10-18(22)21-13-11-20(12-14-21,19(23)24)16-5-3-2-4-6-16/h2-6,15,17H,7-14H2,1H3,(H,23,24)/t15-,17-/m0/s1. The van der Waals surface area contributed by atoms with Crippen LogP contribution < -0.4 is 0 Å². The smallest absolute Gasteiger partial charge is 0.314 e. The number of aliphatic carboxylic acids is 1. The van der Waals surface area contributed by atoms with Gasteiger partial charge in [-0.05, 0) is 44.6 Å². The highest BCUT2D eigenvalue weighted by Gasteiger charge is 2.43. The summed E-state index contributed by atoms with van der Waals surface area (Å²) in [7, 11) is 0. The van der Waals surface area contributed by atoms with Crippen molar-refractivity contribution in [3.63, 3.8) is 0 Å². The number of carbonyl (C=O) groups is 2. The third kappa shape index (κ3) is 3.87. The topological polar surface area (TPSA) is 66.8 Å². The van der Waals surface area contributed by atoms with E-state index in [-0.39, 0.29) is 12.0 Å². The van der Waals surface area contributed by atoms with E-state index in [0.717, 1.165) is 24.8 Å². The van der Waals surface area contributed by atoms with Gasteiger partial charge in [0.2, 0.25) is 5.91 Å². The molecule has 2 fully saturated rings. The van der Waals surface area contributed by atoms with Crippen molar-refractivity contribution in [2.45, 2.75) is 63.1 Å². The number of carbonyl (C=O) groups excluding carboxylic acids is 1. The molecule has 0 spiro atoms. The summed E-state index contributed by atoms with van der Waals surface area (Å²) in [5.74, 6) is -0.672. The molecule has 0 radical (unpaired) electrons. The van der Waals surface area contributed by atoms with Crippen LogP contribution in [0.5, 0.6) is 0 Å². The highest BCUT2D eigenvalue weighted by molar-refractivity contribution is 5.82. The van der Waals surface area contributed by atoms with E-state index < -0.39 is 11.4 Å². The third-order valence-corrected chi connectivity index (χ3v) is 5.71. The first-order chi connectivity index (χ1) is 12.0. The number of benzene rings is 1. The number of hydrogen-bond donors (Lipinski definition) is 1. The summed E-state index contributed by atoms with van der Waals surface area (Å²) in [5, 5.41) is 9.82. The van der Waals surface area contributed by atoms with Gasteiger partial charge in [-0.2, -0.15) is 0 Å². The van der Waals surface area contributed by atoms with Crippen molar-refractivity contribution in [3.05, 3.63) is 35.9 Å². The number of amides is 1.